The van der Waals surface area contributed by atoms with Crippen LogP contribution >= 0.6 is 11.8 Å². The van der Waals surface area contributed by atoms with Gasteiger partial charge in [-0.15, -0.1) is 0 Å². The molecule has 0 amide bonds. The zero-order valence-corrected chi connectivity index (χ0v) is 13.4. The smallest absolute Gasteiger partial charge is 0.148 e. The first-order chi connectivity index (χ1) is 8.33. The van der Waals surface area contributed by atoms with E-state index in [9.17, 15) is 13.5 Å². The lowest BCUT2D eigenvalue weighted by Crippen LogP contribution is -2.46. The highest BCUT2D eigenvalue weighted by Crippen LogP contribution is 2.14. The molecule has 6 heteroatoms. The van der Waals surface area contributed by atoms with Gasteiger partial charge in [0.1, 0.15) is 9.84 Å². The van der Waals surface area contributed by atoms with Crippen LogP contribution in [0.25, 0.3) is 0 Å². The quantitative estimate of drug-likeness (QED) is 0.563. The summed E-state index contributed by atoms with van der Waals surface area (Å²) in [6.45, 7) is 5.19. The maximum atomic E-state index is 10.9. The molecule has 0 fully saturated rings. The summed E-state index contributed by atoms with van der Waals surface area (Å²) < 4.78 is 21.9. The Morgan fingerprint density at radius 1 is 1.33 bits per heavy atom. The average molecular weight is 297 g/mol. The minimum Gasteiger partial charge on any atom is -0.394 e. The molecule has 0 rings (SSSR count). The molecule has 18 heavy (non-hydrogen) atoms. The Labute approximate surface area is 116 Å². The van der Waals surface area contributed by atoms with E-state index in [0.717, 1.165) is 31.6 Å². The molecule has 0 aliphatic heterocycles. The SMILES string of the molecule is CCCNC(C)(CO)CCCSCCS(C)(=O)=O. The number of nitrogens with one attached hydrogen (secondary N) is 1. The average Bonchev–Trinajstić information content (AvgIpc) is 2.30. The maximum Gasteiger partial charge on any atom is 0.148 e. The minimum atomic E-state index is -2.83. The molecule has 0 aromatic heterocycles. The number of thioether (sulfide) groups is 1. The largest absolute Gasteiger partial charge is 0.394 e. The molecule has 0 aliphatic carbocycles. The van der Waals surface area contributed by atoms with Gasteiger partial charge in [-0.05, 0) is 38.5 Å². The minimum absolute atomic E-state index is 0.140. The van der Waals surface area contributed by atoms with Gasteiger partial charge < -0.3 is 10.4 Å². The van der Waals surface area contributed by atoms with E-state index in [1.807, 2.05) is 6.92 Å². The second-order valence-electron chi connectivity index (χ2n) is 4.99. The zero-order chi connectivity index (χ0) is 14.1. The Morgan fingerprint density at radius 2 is 2.00 bits per heavy atom. The summed E-state index contributed by atoms with van der Waals surface area (Å²) in [5.74, 6) is 1.86. The van der Waals surface area contributed by atoms with Crippen LogP contribution in [0.15, 0.2) is 0 Å². The Hall–Kier alpha value is 0.220. The molecule has 2 N–H and O–H groups in total. The molecule has 0 spiro atoms. The zero-order valence-electron chi connectivity index (χ0n) is 11.7. The van der Waals surface area contributed by atoms with Crippen molar-refractivity contribution in [1.29, 1.82) is 0 Å². The van der Waals surface area contributed by atoms with E-state index >= 15 is 0 Å². The van der Waals surface area contributed by atoms with Gasteiger partial charge in [-0.3, -0.25) is 0 Å². The van der Waals surface area contributed by atoms with Crippen LogP contribution in [0.3, 0.4) is 0 Å². The highest BCUT2D eigenvalue weighted by molar-refractivity contribution is 8.00. The molecule has 1 atom stereocenters. The first kappa shape index (κ1) is 18.2. The monoisotopic (exact) mass is 297 g/mol. The fourth-order valence-corrected chi connectivity index (χ4v) is 3.76. The second kappa shape index (κ2) is 9.18. The Balaban J connectivity index is 3.68. The van der Waals surface area contributed by atoms with Crippen molar-refractivity contribution in [2.75, 3.05) is 36.7 Å². The second-order valence-corrected chi connectivity index (χ2v) is 8.48. The number of sulfone groups is 1. The summed E-state index contributed by atoms with van der Waals surface area (Å²) in [6.07, 6.45) is 4.22. The van der Waals surface area contributed by atoms with Gasteiger partial charge in [0.15, 0.2) is 0 Å². The van der Waals surface area contributed by atoms with Crippen LogP contribution < -0.4 is 5.32 Å². The van der Waals surface area contributed by atoms with Crippen LogP contribution in [0.2, 0.25) is 0 Å². The molecular weight excluding hydrogens is 270 g/mol. The Kier molecular flexibility index (Phi) is 9.29. The topological polar surface area (TPSA) is 66.4 Å². The molecule has 0 aliphatic rings. The summed E-state index contributed by atoms with van der Waals surface area (Å²) in [7, 11) is -2.83. The Bertz CT molecular complexity index is 306. The normalized spacial score (nSPS) is 15.6. The van der Waals surface area contributed by atoms with Gasteiger partial charge >= 0.3 is 0 Å². The van der Waals surface area contributed by atoms with Crippen molar-refractivity contribution in [2.24, 2.45) is 0 Å². The predicted molar refractivity (Wildman–Crippen MR) is 80.1 cm³/mol. The molecule has 0 aromatic rings. The third-order valence-electron chi connectivity index (χ3n) is 2.77. The summed E-state index contributed by atoms with van der Waals surface area (Å²) >= 11 is 1.67. The Morgan fingerprint density at radius 3 is 2.50 bits per heavy atom. The van der Waals surface area contributed by atoms with Crippen molar-refractivity contribution >= 4 is 21.6 Å². The predicted octanol–water partition coefficient (Wildman–Crippen LogP) is 1.30. The van der Waals surface area contributed by atoms with Crippen molar-refractivity contribution in [3.63, 3.8) is 0 Å². The highest BCUT2D eigenvalue weighted by atomic mass is 32.2. The van der Waals surface area contributed by atoms with E-state index < -0.39 is 9.84 Å². The van der Waals surface area contributed by atoms with Crippen LogP contribution in [-0.4, -0.2) is 55.7 Å². The van der Waals surface area contributed by atoms with Gasteiger partial charge in [0.2, 0.25) is 0 Å². The van der Waals surface area contributed by atoms with Gasteiger partial charge in [0, 0.05) is 17.5 Å². The van der Waals surface area contributed by atoms with Gasteiger partial charge in [0.25, 0.3) is 0 Å². The van der Waals surface area contributed by atoms with E-state index in [1.54, 1.807) is 11.8 Å². The molecule has 0 heterocycles. The lowest BCUT2D eigenvalue weighted by atomic mass is 9.97. The molecular formula is C12H27NO3S2. The van der Waals surface area contributed by atoms with Gasteiger partial charge in [-0.1, -0.05) is 6.92 Å². The van der Waals surface area contributed by atoms with Crippen molar-refractivity contribution < 1.29 is 13.5 Å². The van der Waals surface area contributed by atoms with Gasteiger partial charge in [-0.25, -0.2) is 8.42 Å². The number of hydrogen-bond donors (Lipinski definition) is 2. The summed E-state index contributed by atoms with van der Waals surface area (Å²) in [5, 5.41) is 12.7. The third-order valence-corrected chi connectivity index (χ3v) is 5.04. The molecule has 0 bridgehead atoms. The van der Waals surface area contributed by atoms with Crippen molar-refractivity contribution in [3.05, 3.63) is 0 Å². The molecule has 0 saturated carbocycles. The summed E-state index contributed by atoms with van der Waals surface area (Å²) in [5.41, 5.74) is -0.201. The van der Waals surface area contributed by atoms with E-state index in [-0.39, 0.29) is 17.9 Å². The van der Waals surface area contributed by atoms with Crippen molar-refractivity contribution in [1.82, 2.24) is 5.32 Å². The van der Waals surface area contributed by atoms with Crippen LogP contribution in [-0.2, 0) is 9.84 Å². The first-order valence-electron chi connectivity index (χ1n) is 6.44. The number of hydrogen-bond acceptors (Lipinski definition) is 5. The third kappa shape index (κ3) is 10.2. The van der Waals surface area contributed by atoms with E-state index in [1.165, 1.54) is 6.26 Å². The number of rotatable bonds is 11. The van der Waals surface area contributed by atoms with Crippen LogP contribution in [0.5, 0.6) is 0 Å². The highest BCUT2D eigenvalue weighted by Gasteiger charge is 2.21. The molecule has 0 saturated heterocycles. The number of aliphatic hydroxyl groups is 1. The van der Waals surface area contributed by atoms with Crippen LogP contribution in [0, 0.1) is 0 Å². The van der Waals surface area contributed by atoms with E-state index in [0.29, 0.717) is 5.75 Å². The molecule has 1 unspecified atom stereocenters. The summed E-state index contributed by atoms with van der Waals surface area (Å²) in [6, 6.07) is 0. The first-order valence-corrected chi connectivity index (χ1v) is 9.66. The number of aliphatic hydroxyl groups excluding tert-OH is 1. The van der Waals surface area contributed by atoms with Gasteiger partial charge in [-0.2, -0.15) is 11.8 Å². The molecule has 110 valence electrons. The van der Waals surface area contributed by atoms with Crippen LogP contribution in [0.1, 0.15) is 33.1 Å². The lowest BCUT2D eigenvalue weighted by Gasteiger charge is -2.28. The van der Waals surface area contributed by atoms with Crippen molar-refractivity contribution in [3.8, 4) is 0 Å². The standard InChI is InChI=1S/C12H27NO3S2/c1-4-7-13-12(2,11-14)6-5-8-17-9-10-18(3,15)16/h13-14H,4-11H2,1-3H3. The summed E-state index contributed by atoms with van der Waals surface area (Å²) in [4.78, 5) is 0. The fourth-order valence-electron chi connectivity index (χ4n) is 1.53. The lowest BCUT2D eigenvalue weighted by molar-refractivity contribution is 0.165. The van der Waals surface area contributed by atoms with E-state index in [2.05, 4.69) is 12.2 Å². The molecule has 0 radical (unpaired) electrons. The van der Waals surface area contributed by atoms with Crippen molar-refractivity contribution in [2.45, 2.75) is 38.6 Å². The molecule has 0 aromatic carbocycles. The van der Waals surface area contributed by atoms with E-state index in [4.69, 9.17) is 0 Å². The fraction of sp³-hybridized carbons (Fsp3) is 1.00. The van der Waals surface area contributed by atoms with Gasteiger partial charge in [0.05, 0.1) is 12.4 Å². The maximum absolute atomic E-state index is 10.9. The van der Waals surface area contributed by atoms with Crippen LogP contribution in [0.4, 0.5) is 0 Å². The molecule has 4 nitrogen and oxygen atoms in total.